The van der Waals surface area contributed by atoms with E-state index in [2.05, 4.69) is 0 Å². The van der Waals surface area contributed by atoms with Gasteiger partial charge in [-0.2, -0.15) is 0 Å². The van der Waals surface area contributed by atoms with Gasteiger partial charge in [-0.1, -0.05) is 17.7 Å². The molecule has 5 heteroatoms. The summed E-state index contributed by atoms with van der Waals surface area (Å²) in [4.78, 5) is 0. The van der Waals surface area contributed by atoms with Gasteiger partial charge in [-0.25, -0.2) is 4.39 Å². The molecule has 20 heavy (non-hydrogen) atoms. The first-order valence-corrected chi connectivity index (χ1v) is 6.30. The second-order valence-corrected chi connectivity index (χ2v) is 4.46. The van der Waals surface area contributed by atoms with Crippen LogP contribution in [0.5, 0.6) is 17.2 Å². The van der Waals surface area contributed by atoms with E-state index in [1.54, 1.807) is 26.4 Å². The lowest BCUT2D eigenvalue weighted by Crippen LogP contribution is -1.98. The fourth-order valence-electron chi connectivity index (χ4n) is 1.70. The number of hydrogen-bond acceptors (Lipinski definition) is 3. The van der Waals surface area contributed by atoms with Crippen molar-refractivity contribution in [1.82, 2.24) is 0 Å². The molecule has 0 saturated carbocycles. The van der Waals surface area contributed by atoms with Crippen LogP contribution in [-0.4, -0.2) is 14.2 Å². The maximum atomic E-state index is 13.3. The van der Waals surface area contributed by atoms with Crippen molar-refractivity contribution in [3.8, 4) is 17.2 Å². The zero-order valence-electron chi connectivity index (χ0n) is 11.2. The predicted octanol–water partition coefficient (Wildman–Crippen LogP) is 4.08. The van der Waals surface area contributed by atoms with Gasteiger partial charge in [0.05, 0.1) is 19.2 Å². The molecule has 0 aromatic heterocycles. The van der Waals surface area contributed by atoms with Crippen LogP contribution in [0, 0.1) is 5.82 Å². The lowest BCUT2D eigenvalue weighted by Gasteiger charge is -2.11. The SMILES string of the molecule is COc1ccc(COc2ccc(Cl)c(F)c2)cc1OC. The third-order valence-corrected chi connectivity index (χ3v) is 3.05. The number of benzene rings is 2. The Morgan fingerprint density at radius 3 is 2.40 bits per heavy atom. The van der Waals surface area contributed by atoms with Crippen molar-refractivity contribution in [3.63, 3.8) is 0 Å². The number of halogens is 2. The Bertz CT molecular complexity index is 602. The van der Waals surface area contributed by atoms with Gasteiger partial charge in [-0.3, -0.25) is 0 Å². The highest BCUT2D eigenvalue weighted by Crippen LogP contribution is 2.28. The summed E-state index contributed by atoms with van der Waals surface area (Å²) in [5.41, 5.74) is 0.887. The summed E-state index contributed by atoms with van der Waals surface area (Å²) in [7, 11) is 3.14. The number of ether oxygens (including phenoxy) is 3. The van der Waals surface area contributed by atoms with E-state index in [1.807, 2.05) is 12.1 Å². The van der Waals surface area contributed by atoms with Crippen LogP contribution < -0.4 is 14.2 Å². The van der Waals surface area contributed by atoms with E-state index in [4.69, 9.17) is 25.8 Å². The van der Waals surface area contributed by atoms with Crippen LogP contribution in [0.4, 0.5) is 4.39 Å². The zero-order valence-corrected chi connectivity index (χ0v) is 11.9. The maximum Gasteiger partial charge on any atom is 0.161 e. The average Bonchev–Trinajstić information content (AvgIpc) is 2.48. The molecule has 0 heterocycles. The van der Waals surface area contributed by atoms with E-state index in [1.165, 1.54) is 12.1 Å². The molecule has 3 nitrogen and oxygen atoms in total. The molecule has 0 aliphatic rings. The Kier molecular flexibility index (Phi) is 4.69. The third kappa shape index (κ3) is 3.33. The highest BCUT2D eigenvalue weighted by atomic mass is 35.5. The molecule has 2 rings (SSSR count). The number of methoxy groups -OCH3 is 2. The largest absolute Gasteiger partial charge is 0.493 e. The quantitative estimate of drug-likeness (QED) is 0.832. The van der Waals surface area contributed by atoms with Crippen LogP contribution in [0.25, 0.3) is 0 Å². The molecule has 106 valence electrons. The molecular formula is C15H14ClFO3. The zero-order chi connectivity index (χ0) is 14.5. The molecule has 0 aliphatic heterocycles. The Morgan fingerprint density at radius 1 is 1.00 bits per heavy atom. The molecule has 0 aliphatic carbocycles. The van der Waals surface area contributed by atoms with Crippen LogP contribution in [-0.2, 0) is 6.61 Å². The Labute approximate surface area is 121 Å². The highest BCUT2D eigenvalue weighted by Gasteiger charge is 2.06. The molecule has 0 amide bonds. The van der Waals surface area contributed by atoms with Crippen molar-refractivity contribution < 1.29 is 18.6 Å². The van der Waals surface area contributed by atoms with Crippen molar-refractivity contribution in [2.24, 2.45) is 0 Å². The van der Waals surface area contributed by atoms with E-state index in [0.29, 0.717) is 23.9 Å². The fourth-order valence-corrected chi connectivity index (χ4v) is 1.82. The van der Waals surface area contributed by atoms with Crippen LogP contribution in [0.2, 0.25) is 5.02 Å². The van der Waals surface area contributed by atoms with E-state index >= 15 is 0 Å². The van der Waals surface area contributed by atoms with Gasteiger partial charge >= 0.3 is 0 Å². The summed E-state index contributed by atoms with van der Waals surface area (Å²) >= 11 is 5.61. The standard InChI is InChI=1S/C15H14ClFO3/c1-18-14-6-3-10(7-15(14)19-2)9-20-11-4-5-12(16)13(17)8-11/h3-8H,9H2,1-2H3. The van der Waals surface area contributed by atoms with Crippen molar-refractivity contribution >= 4 is 11.6 Å². The smallest absolute Gasteiger partial charge is 0.161 e. The van der Waals surface area contributed by atoms with Gasteiger partial charge in [0, 0.05) is 6.07 Å². The van der Waals surface area contributed by atoms with Gasteiger partial charge in [0.1, 0.15) is 18.2 Å². The van der Waals surface area contributed by atoms with E-state index in [0.717, 1.165) is 5.56 Å². The minimum absolute atomic E-state index is 0.0727. The van der Waals surface area contributed by atoms with Gasteiger partial charge in [0.25, 0.3) is 0 Å². The summed E-state index contributed by atoms with van der Waals surface area (Å²) in [6.45, 7) is 0.293. The lowest BCUT2D eigenvalue weighted by molar-refractivity contribution is 0.302. The molecule has 0 unspecified atom stereocenters. The summed E-state index contributed by atoms with van der Waals surface area (Å²) < 4.78 is 29.1. The normalized spacial score (nSPS) is 10.2. The molecule has 0 radical (unpaired) electrons. The summed E-state index contributed by atoms with van der Waals surface area (Å²) in [5.74, 6) is 1.18. The Balaban J connectivity index is 2.08. The Hall–Kier alpha value is -1.94. The molecule has 0 bridgehead atoms. The minimum atomic E-state index is -0.503. The third-order valence-electron chi connectivity index (χ3n) is 2.74. The van der Waals surface area contributed by atoms with Gasteiger partial charge in [0.15, 0.2) is 11.5 Å². The number of hydrogen-bond donors (Lipinski definition) is 0. The highest BCUT2D eigenvalue weighted by molar-refractivity contribution is 6.30. The first kappa shape index (κ1) is 14.5. The van der Waals surface area contributed by atoms with Gasteiger partial charge in [0.2, 0.25) is 0 Å². The van der Waals surface area contributed by atoms with Crippen molar-refractivity contribution in [1.29, 1.82) is 0 Å². The summed E-state index contributed by atoms with van der Waals surface area (Å²) in [6, 6.07) is 9.79. The van der Waals surface area contributed by atoms with Gasteiger partial charge < -0.3 is 14.2 Å². The second kappa shape index (κ2) is 6.48. The average molecular weight is 297 g/mol. The summed E-state index contributed by atoms with van der Waals surface area (Å²) in [5, 5.41) is 0.0727. The molecular weight excluding hydrogens is 283 g/mol. The van der Waals surface area contributed by atoms with Gasteiger partial charge in [-0.15, -0.1) is 0 Å². The van der Waals surface area contributed by atoms with Gasteiger partial charge in [-0.05, 0) is 29.8 Å². The van der Waals surface area contributed by atoms with Crippen LogP contribution in [0.3, 0.4) is 0 Å². The van der Waals surface area contributed by atoms with Crippen molar-refractivity contribution in [2.45, 2.75) is 6.61 Å². The minimum Gasteiger partial charge on any atom is -0.493 e. The fraction of sp³-hybridized carbons (Fsp3) is 0.200. The first-order valence-electron chi connectivity index (χ1n) is 5.93. The monoisotopic (exact) mass is 296 g/mol. The number of rotatable bonds is 5. The molecule has 2 aromatic carbocycles. The summed E-state index contributed by atoms with van der Waals surface area (Å²) in [6.07, 6.45) is 0. The molecule has 2 aromatic rings. The van der Waals surface area contributed by atoms with Crippen LogP contribution in [0.15, 0.2) is 36.4 Å². The molecule has 0 atom stereocenters. The Morgan fingerprint density at radius 2 is 1.75 bits per heavy atom. The molecule has 0 spiro atoms. The first-order chi connectivity index (χ1) is 9.63. The topological polar surface area (TPSA) is 27.7 Å². The molecule has 0 fully saturated rings. The van der Waals surface area contributed by atoms with Crippen LogP contribution in [0.1, 0.15) is 5.56 Å². The van der Waals surface area contributed by atoms with Crippen molar-refractivity contribution in [2.75, 3.05) is 14.2 Å². The van der Waals surface area contributed by atoms with E-state index in [-0.39, 0.29) is 5.02 Å². The second-order valence-electron chi connectivity index (χ2n) is 4.05. The van der Waals surface area contributed by atoms with Crippen LogP contribution >= 0.6 is 11.6 Å². The van der Waals surface area contributed by atoms with E-state index < -0.39 is 5.82 Å². The lowest BCUT2D eigenvalue weighted by atomic mass is 10.2. The predicted molar refractivity (Wildman–Crippen MR) is 75.3 cm³/mol. The molecule has 0 N–H and O–H groups in total. The molecule has 0 saturated heterocycles. The van der Waals surface area contributed by atoms with Crippen molar-refractivity contribution in [3.05, 3.63) is 52.8 Å². The maximum absolute atomic E-state index is 13.3. The van der Waals surface area contributed by atoms with E-state index in [9.17, 15) is 4.39 Å².